The molecule has 2 rings (SSSR count). The highest BCUT2D eigenvalue weighted by molar-refractivity contribution is 6.07. The van der Waals surface area contributed by atoms with E-state index in [1.807, 2.05) is 25.1 Å². The molecule has 0 atom stereocenters. The first-order chi connectivity index (χ1) is 11.0. The van der Waals surface area contributed by atoms with Crippen molar-refractivity contribution in [2.45, 2.75) is 13.5 Å². The predicted octanol–water partition coefficient (Wildman–Crippen LogP) is 4.50. The molecule has 0 spiro atoms. The van der Waals surface area contributed by atoms with E-state index >= 15 is 0 Å². The molecule has 0 N–H and O–H groups in total. The van der Waals surface area contributed by atoms with Gasteiger partial charge in [0.15, 0.2) is 5.78 Å². The number of hydrogen-bond acceptors (Lipinski definition) is 3. The molecule has 0 fully saturated rings. The molecule has 0 aliphatic rings. The van der Waals surface area contributed by atoms with E-state index in [2.05, 4.69) is 4.74 Å². The van der Waals surface area contributed by atoms with Crippen molar-refractivity contribution in [3.63, 3.8) is 0 Å². The second-order valence-electron chi connectivity index (χ2n) is 4.85. The number of carbonyl (C=O) groups excluding carboxylic acids is 1. The maximum absolute atomic E-state index is 12.1. The molecule has 0 aromatic heterocycles. The molecule has 0 aliphatic carbocycles. The predicted molar refractivity (Wildman–Crippen MR) is 84.2 cm³/mol. The third-order valence-corrected chi connectivity index (χ3v) is 3.16. The van der Waals surface area contributed by atoms with Crippen LogP contribution in [-0.2, 0) is 0 Å². The van der Waals surface area contributed by atoms with Gasteiger partial charge in [-0.1, -0.05) is 11.6 Å². The van der Waals surface area contributed by atoms with E-state index in [0.717, 1.165) is 11.1 Å². The Balaban J connectivity index is 2.14. The zero-order chi connectivity index (χ0) is 16.8. The summed E-state index contributed by atoms with van der Waals surface area (Å²) in [5, 5.41) is 0. The lowest BCUT2D eigenvalue weighted by Crippen LogP contribution is -2.02. The summed E-state index contributed by atoms with van der Waals surface area (Å²) in [7, 11) is 1.56. The highest BCUT2D eigenvalue weighted by Crippen LogP contribution is 2.21. The van der Waals surface area contributed by atoms with Crippen molar-refractivity contribution in [3.05, 3.63) is 65.2 Å². The Morgan fingerprint density at radius 1 is 1.13 bits per heavy atom. The topological polar surface area (TPSA) is 35.5 Å². The Labute approximate surface area is 133 Å². The molecular weight excluding hydrogens is 302 g/mol. The summed E-state index contributed by atoms with van der Waals surface area (Å²) in [6.07, 6.45) is 3.08. The van der Waals surface area contributed by atoms with Crippen LogP contribution in [0.2, 0.25) is 0 Å². The van der Waals surface area contributed by atoms with Gasteiger partial charge in [-0.2, -0.15) is 8.78 Å². The minimum atomic E-state index is -2.88. The van der Waals surface area contributed by atoms with Crippen molar-refractivity contribution in [2.75, 3.05) is 7.11 Å². The molecule has 0 saturated carbocycles. The van der Waals surface area contributed by atoms with Gasteiger partial charge in [0, 0.05) is 11.1 Å². The fraction of sp³-hybridized carbons (Fsp3) is 0.167. The maximum Gasteiger partial charge on any atom is 0.387 e. The summed E-state index contributed by atoms with van der Waals surface area (Å²) in [4.78, 5) is 12.1. The summed E-state index contributed by atoms with van der Waals surface area (Å²) in [5.41, 5.74) is 2.22. The van der Waals surface area contributed by atoms with E-state index in [-0.39, 0.29) is 11.5 Å². The number of allylic oxidation sites excluding steroid dienone is 1. The number of methoxy groups -OCH3 is 1. The number of ether oxygens (including phenoxy) is 2. The monoisotopic (exact) mass is 318 g/mol. The SMILES string of the molecule is COc1ccc(C)cc1/C=C/C(=O)c1ccc(OC(F)F)cc1. The third-order valence-electron chi connectivity index (χ3n) is 3.16. The molecule has 2 aromatic carbocycles. The van der Waals surface area contributed by atoms with Crippen molar-refractivity contribution in [3.8, 4) is 11.5 Å². The Morgan fingerprint density at radius 2 is 1.83 bits per heavy atom. The van der Waals surface area contributed by atoms with Crippen LogP contribution in [0.5, 0.6) is 11.5 Å². The van der Waals surface area contributed by atoms with Crippen LogP contribution in [0.1, 0.15) is 21.5 Å². The number of halogens is 2. The molecule has 3 nitrogen and oxygen atoms in total. The van der Waals surface area contributed by atoms with Crippen molar-refractivity contribution < 1.29 is 23.0 Å². The third kappa shape index (κ3) is 4.64. The molecule has 0 unspecified atom stereocenters. The van der Waals surface area contributed by atoms with E-state index in [1.165, 1.54) is 30.3 Å². The van der Waals surface area contributed by atoms with Crippen molar-refractivity contribution in [1.82, 2.24) is 0 Å². The smallest absolute Gasteiger partial charge is 0.387 e. The van der Waals surface area contributed by atoms with Crippen molar-refractivity contribution in [1.29, 1.82) is 0 Å². The van der Waals surface area contributed by atoms with Crippen molar-refractivity contribution >= 4 is 11.9 Å². The van der Waals surface area contributed by atoms with Crippen LogP contribution < -0.4 is 9.47 Å². The lowest BCUT2D eigenvalue weighted by atomic mass is 10.1. The first-order valence-electron chi connectivity index (χ1n) is 6.91. The average molecular weight is 318 g/mol. The van der Waals surface area contributed by atoms with Crippen LogP contribution in [0, 0.1) is 6.92 Å². The fourth-order valence-corrected chi connectivity index (χ4v) is 2.05. The molecule has 120 valence electrons. The summed E-state index contributed by atoms with van der Waals surface area (Å²) in [6, 6.07) is 11.2. The maximum atomic E-state index is 12.1. The number of rotatable bonds is 6. The lowest BCUT2D eigenvalue weighted by Gasteiger charge is -2.06. The van der Waals surface area contributed by atoms with Crippen LogP contribution in [0.25, 0.3) is 6.08 Å². The van der Waals surface area contributed by atoms with Crippen LogP contribution in [0.4, 0.5) is 8.78 Å². The normalized spacial score (nSPS) is 11.0. The lowest BCUT2D eigenvalue weighted by molar-refractivity contribution is -0.0498. The van der Waals surface area contributed by atoms with Gasteiger partial charge in [-0.3, -0.25) is 4.79 Å². The molecular formula is C18H16F2O3. The van der Waals surface area contributed by atoms with Gasteiger partial charge in [-0.05, 0) is 55.5 Å². The van der Waals surface area contributed by atoms with Gasteiger partial charge in [0.05, 0.1) is 7.11 Å². The average Bonchev–Trinajstić information content (AvgIpc) is 2.53. The first-order valence-corrected chi connectivity index (χ1v) is 6.91. The molecule has 0 radical (unpaired) electrons. The number of carbonyl (C=O) groups is 1. The Hall–Kier alpha value is -2.69. The largest absolute Gasteiger partial charge is 0.496 e. The number of alkyl halides is 2. The first kappa shape index (κ1) is 16.7. The number of aryl methyl sites for hydroxylation is 1. The second kappa shape index (κ2) is 7.54. The van der Waals surface area contributed by atoms with E-state index in [9.17, 15) is 13.6 Å². The Morgan fingerprint density at radius 3 is 2.43 bits per heavy atom. The van der Waals surface area contributed by atoms with Gasteiger partial charge < -0.3 is 9.47 Å². The standard InChI is InChI=1S/C18H16F2O3/c1-12-3-10-17(22-2)14(11-12)6-9-16(21)13-4-7-15(8-5-13)23-18(19)20/h3-11,18H,1-2H3/b9-6+. The van der Waals surface area contributed by atoms with E-state index in [1.54, 1.807) is 13.2 Å². The molecule has 23 heavy (non-hydrogen) atoms. The highest BCUT2D eigenvalue weighted by atomic mass is 19.3. The molecule has 0 heterocycles. The Kier molecular flexibility index (Phi) is 5.46. The molecule has 0 amide bonds. The zero-order valence-electron chi connectivity index (χ0n) is 12.8. The van der Waals surface area contributed by atoms with Gasteiger partial charge >= 0.3 is 6.61 Å². The van der Waals surface area contributed by atoms with Gasteiger partial charge in [-0.15, -0.1) is 0 Å². The minimum absolute atomic E-state index is 0.0147. The van der Waals surface area contributed by atoms with Crippen LogP contribution in [0.15, 0.2) is 48.5 Å². The number of hydrogen-bond donors (Lipinski definition) is 0. The molecule has 0 aliphatic heterocycles. The molecule has 2 aromatic rings. The number of ketones is 1. The summed E-state index contributed by atoms with van der Waals surface area (Å²) < 4.78 is 33.6. The number of benzene rings is 2. The van der Waals surface area contributed by atoms with Gasteiger partial charge in [0.25, 0.3) is 0 Å². The molecule has 5 heteroatoms. The van der Waals surface area contributed by atoms with E-state index < -0.39 is 6.61 Å². The van der Waals surface area contributed by atoms with Crippen LogP contribution in [0.3, 0.4) is 0 Å². The summed E-state index contributed by atoms with van der Waals surface area (Å²) >= 11 is 0. The summed E-state index contributed by atoms with van der Waals surface area (Å²) in [5.74, 6) is 0.443. The van der Waals surface area contributed by atoms with Crippen LogP contribution in [-0.4, -0.2) is 19.5 Å². The van der Waals surface area contributed by atoms with E-state index in [4.69, 9.17) is 4.74 Å². The quantitative estimate of drug-likeness (QED) is 0.581. The van der Waals surface area contributed by atoms with E-state index in [0.29, 0.717) is 11.3 Å². The molecule has 0 bridgehead atoms. The molecule has 0 saturated heterocycles. The zero-order valence-corrected chi connectivity index (χ0v) is 12.8. The van der Waals surface area contributed by atoms with Crippen molar-refractivity contribution in [2.24, 2.45) is 0 Å². The van der Waals surface area contributed by atoms with Gasteiger partial charge in [0.2, 0.25) is 0 Å². The summed E-state index contributed by atoms with van der Waals surface area (Å²) in [6.45, 7) is -0.939. The van der Waals surface area contributed by atoms with Gasteiger partial charge in [0.1, 0.15) is 11.5 Å². The Bertz CT molecular complexity index is 707. The van der Waals surface area contributed by atoms with Gasteiger partial charge in [-0.25, -0.2) is 0 Å². The minimum Gasteiger partial charge on any atom is -0.496 e. The fourth-order valence-electron chi connectivity index (χ4n) is 2.05. The second-order valence-corrected chi connectivity index (χ2v) is 4.85. The highest BCUT2D eigenvalue weighted by Gasteiger charge is 2.07. The van der Waals surface area contributed by atoms with Crippen LogP contribution >= 0.6 is 0 Å².